The number of nitrogens with zero attached hydrogens (tertiary/aromatic N) is 1. The second-order valence-electron chi connectivity index (χ2n) is 5.41. The van der Waals surface area contributed by atoms with Gasteiger partial charge in [-0.15, -0.1) is 0 Å². The third-order valence-corrected chi connectivity index (χ3v) is 3.28. The normalized spacial score (nSPS) is 12.2. The highest BCUT2D eigenvalue weighted by atomic mass is 14.9. The van der Waals surface area contributed by atoms with Crippen LogP contribution >= 0.6 is 0 Å². The van der Waals surface area contributed by atoms with Crippen LogP contribution in [0, 0.1) is 11.8 Å². The summed E-state index contributed by atoms with van der Waals surface area (Å²) >= 11 is 0. The molecule has 0 bridgehead atoms. The van der Waals surface area contributed by atoms with Crippen molar-refractivity contribution in [2.24, 2.45) is 11.8 Å². The Hall–Kier alpha value is -1.51. The van der Waals surface area contributed by atoms with Crippen LogP contribution < -0.4 is 5.73 Å². The molecule has 0 unspecified atom stereocenters. The lowest BCUT2D eigenvalue weighted by Gasteiger charge is -2.22. The summed E-state index contributed by atoms with van der Waals surface area (Å²) in [6.07, 6.45) is 0. The highest BCUT2D eigenvalue weighted by Crippen LogP contribution is 2.31. The van der Waals surface area contributed by atoms with Crippen LogP contribution in [-0.2, 0) is 0 Å². The number of hydrogen-bond acceptors (Lipinski definition) is 2. The van der Waals surface area contributed by atoms with Gasteiger partial charge in [-0.05, 0) is 30.0 Å². The minimum absolute atomic E-state index is 0.462. The Morgan fingerprint density at radius 3 is 2.35 bits per heavy atom. The summed E-state index contributed by atoms with van der Waals surface area (Å²) < 4.78 is 0. The molecule has 3 nitrogen and oxygen atoms in total. The maximum absolute atomic E-state index is 5.78. The van der Waals surface area contributed by atoms with Gasteiger partial charge in [0.2, 0.25) is 0 Å². The van der Waals surface area contributed by atoms with Gasteiger partial charge in [0.1, 0.15) is 5.82 Å². The maximum Gasteiger partial charge on any atom is 0.110 e. The van der Waals surface area contributed by atoms with Gasteiger partial charge in [-0.2, -0.15) is 0 Å². The second-order valence-corrected chi connectivity index (χ2v) is 5.41. The fraction of sp³-hybridized carbons (Fsp3) is 0.500. The van der Waals surface area contributed by atoms with Crippen LogP contribution in [0.1, 0.15) is 39.4 Å². The number of aromatic amines is 1. The zero-order chi connectivity index (χ0) is 12.6. The molecule has 2 rings (SSSR count). The molecule has 0 aliphatic carbocycles. The molecule has 3 heteroatoms. The minimum Gasteiger partial charge on any atom is -0.399 e. The molecule has 1 aromatic carbocycles. The van der Waals surface area contributed by atoms with Gasteiger partial charge in [0.25, 0.3) is 0 Å². The van der Waals surface area contributed by atoms with Gasteiger partial charge in [-0.1, -0.05) is 27.7 Å². The SMILES string of the molecule is CC(C)C(c1nc2ccc(N)cc2[nH]1)C(C)C. The molecule has 1 heterocycles. The standard InChI is InChI=1S/C14H21N3/c1-8(2)13(9(3)4)14-16-11-6-5-10(15)7-12(11)17-14/h5-9,13H,15H2,1-4H3,(H,16,17). The Labute approximate surface area is 102 Å². The van der Waals surface area contributed by atoms with Crippen molar-refractivity contribution in [3.63, 3.8) is 0 Å². The number of imidazole rings is 1. The Morgan fingerprint density at radius 1 is 1.12 bits per heavy atom. The van der Waals surface area contributed by atoms with Gasteiger partial charge in [0, 0.05) is 11.6 Å². The van der Waals surface area contributed by atoms with Gasteiger partial charge in [-0.25, -0.2) is 4.98 Å². The number of rotatable bonds is 3. The lowest BCUT2D eigenvalue weighted by Crippen LogP contribution is -2.14. The Morgan fingerprint density at radius 2 is 1.76 bits per heavy atom. The van der Waals surface area contributed by atoms with Crippen LogP contribution in [0.5, 0.6) is 0 Å². The zero-order valence-corrected chi connectivity index (χ0v) is 11.0. The van der Waals surface area contributed by atoms with Crippen molar-refractivity contribution < 1.29 is 0 Å². The molecule has 0 atom stereocenters. The smallest absolute Gasteiger partial charge is 0.110 e. The topological polar surface area (TPSA) is 54.7 Å². The summed E-state index contributed by atoms with van der Waals surface area (Å²) in [6, 6.07) is 5.82. The Balaban J connectivity index is 2.47. The van der Waals surface area contributed by atoms with Gasteiger partial charge in [0.15, 0.2) is 0 Å². The first-order valence-electron chi connectivity index (χ1n) is 6.24. The highest BCUT2D eigenvalue weighted by molar-refractivity contribution is 5.78. The van der Waals surface area contributed by atoms with Gasteiger partial charge >= 0.3 is 0 Å². The number of benzene rings is 1. The van der Waals surface area contributed by atoms with Crippen LogP contribution in [0.2, 0.25) is 0 Å². The van der Waals surface area contributed by atoms with E-state index in [1.165, 1.54) is 0 Å². The molecule has 0 aliphatic heterocycles. The number of aromatic nitrogens is 2. The lowest BCUT2D eigenvalue weighted by atomic mass is 9.85. The van der Waals surface area contributed by atoms with E-state index in [4.69, 9.17) is 5.73 Å². The molecule has 0 saturated heterocycles. The van der Waals surface area contributed by atoms with E-state index in [9.17, 15) is 0 Å². The fourth-order valence-corrected chi connectivity index (χ4v) is 2.61. The number of anilines is 1. The van der Waals surface area contributed by atoms with E-state index >= 15 is 0 Å². The highest BCUT2D eigenvalue weighted by Gasteiger charge is 2.22. The van der Waals surface area contributed by atoms with E-state index in [0.29, 0.717) is 17.8 Å². The first-order valence-corrected chi connectivity index (χ1v) is 6.24. The summed E-state index contributed by atoms with van der Waals surface area (Å²) in [6.45, 7) is 8.97. The average Bonchev–Trinajstić information content (AvgIpc) is 2.58. The number of nitrogens with one attached hydrogen (secondary N) is 1. The minimum atomic E-state index is 0.462. The summed E-state index contributed by atoms with van der Waals surface area (Å²) in [7, 11) is 0. The molecular formula is C14H21N3. The predicted molar refractivity (Wildman–Crippen MR) is 72.9 cm³/mol. The maximum atomic E-state index is 5.78. The van der Waals surface area contributed by atoms with Crippen molar-refractivity contribution in [2.75, 3.05) is 5.73 Å². The van der Waals surface area contributed by atoms with Crippen molar-refractivity contribution in [2.45, 2.75) is 33.6 Å². The zero-order valence-electron chi connectivity index (χ0n) is 11.0. The molecule has 0 saturated carbocycles. The van der Waals surface area contributed by atoms with Crippen LogP contribution in [0.4, 0.5) is 5.69 Å². The van der Waals surface area contributed by atoms with E-state index < -0.39 is 0 Å². The molecular weight excluding hydrogens is 210 g/mol. The van der Waals surface area contributed by atoms with Gasteiger partial charge < -0.3 is 10.7 Å². The molecule has 0 aliphatic rings. The van der Waals surface area contributed by atoms with Crippen molar-refractivity contribution in [1.82, 2.24) is 9.97 Å². The van der Waals surface area contributed by atoms with Crippen molar-refractivity contribution in [1.29, 1.82) is 0 Å². The van der Waals surface area contributed by atoms with Crippen LogP contribution in [-0.4, -0.2) is 9.97 Å². The van der Waals surface area contributed by atoms with E-state index in [1.807, 2.05) is 18.2 Å². The third-order valence-electron chi connectivity index (χ3n) is 3.28. The first-order chi connectivity index (χ1) is 7.99. The number of H-pyrrole nitrogens is 1. The van der Waals surface area contributed by atoms with Gasteiger partial charge in [0.05, 0.1) is 11.0 Å². The number of hydrogen-bond donors (Lipinski definition) is 2. The molecule has 3 N–H and O–H groups in total. The Bertz CT molecular complexity index is 503. The van der Waals surface area contributed by atoms with Crippen molar-refractivity contribution >= 4 is 16.7 Å². The van der Waals surface area contributed by atoms with Crippen LogP contribution in [0.15, 0.2) is 18.2 Å². The average molecular weight is 231 g/mol. The number of nitrogens with two attached hydrogens (primary N) is 1. The molecule has 0 fully saturated rings. The second kappa shape index (κ2) is 4.40. The van der Waals surface area contributed by atoms with Crippen molar-refractivity contribution in [3.05, 3.63) is 24.0 Å². The molecule has 2 aromatic rings. The predicted octanol–water partition coefficient (Wildman–Crippen LogP) is 3.54. The van der Waals surface area contributed by atoms with E-state index in [2.05, 4.69) is 37.7 Å². The van der Waals surface area contributed by atoms with E-state index in [1.54, 1.807) is 0 Å². The quantitative estimate of drug-likeness (QED) is 0.794. The molecule has 0 radical (unpaired) electrons. The molecule has 0 amide bonds. The summed E-state index contributed by atoms with van der Waals surface area (Å²) in [5.41, 5.74) is 8.59. The fourth-order valence-electron chi connectivity index (χ4n) is 2.61. The number of nitrogen functional groups attached to an aromatic ring is 1. The molecule has 17 heavy (non-hydrogen) atoms. The molecule has 92 valence electrons. The van der Waals surface area contributed by atoms with Crippen LogP contribution in [0.3, 0.4) is 0 Å². The summed E-state index contributed by atoms with van der Waals surface area (Å²) in [5.74, 6) is 2.69. The summed E-state index contributed by atoms with van der Waals surface area (Å²) in [4.78, 5) is 8.09. The van der Waals surface area contributed by atoms with Crippen molar-refractivity contribution in [3.8, 4) is 0 Å². The molecule has 1 aromatic heterocycles. The number of fused-ring (bicyclic) bond motifs is 1. The molecule has 0 spiro atoms. The Kier molecular flexibility index (Phi) is 3.09. The van der Waals surface area contributed by atoms with Crippen LogP contribution in [0.25, 0.3) is 11.0 Å². The van der Waals surface area contributed by atoms with E-state index in [0.717, 1.165) is 22.5 Å². The monoisotopic (exact) mass is 231 g/mol. The summed E-state index contributed by atoms with van der Waals surface area (Å²) in [5, 5.41) is 0. The first kappa shape index (κ1) is 12.0. The van der Waals surface area contributed by atoms with E-state index in [-0.39, 0.29) is 0 Å². The third kappa shape index (κ3) is 2.28. The largest absolute Gasteiger partial charge is 0.399 e. The van der Waals surface area contributed by atoms with Gasteiger partial charge in [-0.3, -0.25) is 0 Å². The lowest BCUT2D eigenvalue weighted by molar-refractivity contribution is 0.374.